The number of hydrogen-bond donors (Lipinski definition) is 1. The van der Waals surface area contributed by atoms with Crippen molar-refractivity contribution in [1.29, 1.82) is 0 Å². The highest BCUT2D eigenvalue weighted by Gasteiger charge is 2.17. The van der Waals surface area contributed by atoms with E-state index in [9.17, 15) is 14.9 Å². The zero-order valence-corrected chi connectivity index (χ0v) is 10.5. The van der Waals surface area contributed by atoms with Gasteiger partial charge in [0.05, 0.1) is 15.4 Å². The van der Waals surface area contributed by atoms with Crippen LogP contribution in [-0.2, 0) is 0 Å². The highest BCUT2D eigenvalue weighted by molar-refractivity contribution is 7.99. The van der Waals surface area contributed by atoms with Crippen molar-refractivity contribution in [3.8, 4) is 0 Å². The van der Waals surface area contributed by atoms with E-state index in [1.165, 1.54) is 30.0 Å². The van der Waals surface area contributed by atoms with Crippen molar-refractivity contribution < 1.29 is 14.8 Å². The fraction of sp³-hybridized carbons (Fsp3) is 0. The summed E-state index contributed by atoms with van der Waals surface area (Å²) in [6.45, 7) is 0. The van der Waals surface area contributed by atoms with Crippen molar-refractivity contribution in [2.24, 2.45) is 0 Å². The molecule has 2 aromatic rings. The first-order valence-corrected chi connectivity index (χ1v) is 6.14. The fourth-order valence-corrected chi connectivity index (χ4v) is 2.48. The highest BCUT2D eigenvalue weighted by atomic mass is 32.2. The van der Waals surface area contributed by atoms with E-state index in [0.717, 1.165) is 4.90 Å². The van der Waals surface area contributed by atoms with Crippen molar-refractivity contribution in [1.82, 2.24) is 0 Å². The van der Waals surface area contributed by atoms with Crippen LogP contribution in [0.2, 0.25) is 0 Å². The first-order valence-electron chi connectivity index (χ1n) is 5.32. The van der Waals surface area contributed by atoms with Gasteiger partial charge in [-0.2, -0.15) is 0 Å². The molecule has 6 heteroatoms. The van der Waals surface area contributed by atoms with Crippen LogP contribution in [0.4, 0.5) is 5.69 Å². The van der Waals surface area contributed by atoms with Crippen molar-refractivity contribution in [3.05, 3.63) is 64.2 Å². The highest BCUT2D eigenvalue weighted by Crippen LogP contribution is 2.35. The van der Waals surface area contributed by atoms with Crippen LogP contribution in [-0.4, -0.2) is 16.0 Å². The molecule has 0 aliphatic carbocycles. The molecule has 19 heavy (non-hydrogen) atoms. The maximum Gasteiger partial charge on any atom is 0.335 e. The van der Waals surface area contributed by atoms with Gasteiger partial charge in [0.1, 0.15) is 0 Å². The first kappa shape index (κ1) is 13.1. The smallest absolute Gasteiger partial charge is 0.335 e. The second kappa shape index (κ2) is 5.53. The lowest BCUT2D eigenvalue weighted by atomic mass is 10.2. The molecule has 0 aliphatic heterocycles. The van der Waals surface area contributed by atoms with Crippen LogP contribution in [0.5, 0.6) is 0 Å². The number of aromatic carboxylic acids is 1. The Balaban J connectivity index is 2.43. The van der Waals surface area contributed by atoms with E-state index in [-0.39, 0.29) is 11.3 Å². The maximum atomic E-state index is 10.9. The molecule has 0 radical (unpaired) electrons. The summed E-state index contributed by atoms with van der Waals surface area (Å²) < 4.78 is 0. The first-order chi connectivity index (χ1) is 9.08. The van der Waals surface area contributed by atoms with E-state index in [1.807, 2.05) is 30.3 Å². The molecule has 2 aromatic carbocycles. The monoisotopic (exact) mass is 275 g/mol. The average molecular weight is 275 g/mol. The van der Waals surface area contributed by atoms with Crippen LogP contribution >= 0.6 is 11.8 Å². The van der Waals surface area contributed by atoms with Crippen molar-refractivity contribution in [3.63, 3.8) is 0 Å². The lowest BCUT2D eigenvalue weighted by Gasteiger charge is -2.04. The molecule has 0 atom stereocenters. The number of carboxylic acid groups (broad SMARTS) is 1. The van der Waals surface area contributed by atoms with Gasteiger partial charge in [-0.1, -0.05) is 30.0 Å². The normalized spacial score (nSPS) is 10.1. The number of carboxylic acids is 1. The quantitative estimate of drug-likeness (QED) is 0.682. The molecule has 0 fully saturated rings. The summed E-state index contributed by atoms with van der Waals surface area (Å²) in [5.74, 6) is -1.11. The van der Waals surface area contributed by atoms with Crippen LogP contribution in [0.25, 0.3) is 0 Å². The molecule has 0 unspecified atom stereocenters. The molecule has 0 amide bonds. The molecule has 0 saturated heterocycles. The molecule has 2 rings (SSSR count). The van der Waals surface area contributed by atoms with Gasteiger partial charge in [-0.05, 0) is 24.3 Å². The lowest BCUT2D eigenvalue weighted by molar-refractivity contribution is -0.387. The fourth-order valence-electron chi connectivity index (χ4n) is 1.50. The summed E-state index contributed by atoms with van der Waals surface area (Å²) in [4.78, 5) is 22.5. The summed E-state index contributed by atoms with van der Waals surface area (Å²) >= 11 is 1.17. The van der Waals surface area contributed by atoms with Gasteiger partial charge in [0, 0.05) is 11.0 Å². The van der Waals surface area contributed by atoms with E-state index >= 15 is 0 Å². The van der Waals surface area contributed by atoms with Gasteiger partial charge in [0.2, 0.25) is 0 Å². The predicted octanol–water partition coefficient (Wildman–Crippen LogP) is 3.44. The summed E-state index contributed by atoms with van der Waals surface area (Å²) in [6, 6.07) is 12.8. The van der Waals surface area contributed by atoms with E-state index in [4.69, 9.17) is 5.11 Å². The Morgan fingerprint density at radius 2 is 1.84 bits per heavy atom. The van der Waals surface area contributed by atoms with Gasteiger partial charge in [0.15, 0.2) is 0 Å². The lowest BCUT2D eigenvalue weighted by Crippen LogP contribution is -1.98. The second-order valence-electron chi connectivity index (χ2n) is 3.66. The Morgan fingerprint density at radius 3 is 2.42 bits per heavy atom. The number of carbonyl (C=O) groups is 1. The minimum atomic E-state index is -1.11. The van der Waals surface area contributed by atoms with Crippen LogP contribution in [0.3, 0.4) is 0 Å². The zero-order chi connectivity index (χ0) is 13.8. The Morgan fingerprint density at radius 1 is 1.16 bits per heavy atom. The number of benzene rings is 2. The molecule has 5 nitrogen and oxygen atoms in total. The SMILES string of the molecule is O=C(O)c1ccc([N+](=O)[O-])c(Sc2ccccc2)c1. The van der Waals surface area contributed by atoms with Gasteiger partial charge in [-0.3, -0.25) is 10.1 Å². The number of nitro groups is 1. The number of hydrogen-bond acceptors (Lipinski definition) is 4. The van der Waals surface area contributed by atoms with Crippen LogP contribution in [0, 0.1) is 10.1 Å². The van der Waals surface area contributed by atoms with Gasteiger partial charge in [-0.15, -0.1) is 0 Å². The Labute approximate surface area is 113 Å². The Bertz CT molecular complexity index is 628. The second-order valence-corrected chi connectivity index (χ2v) is 4.78. The summed E-state index contributed by atoms with van der Waals surface area (Å²) in [5.41, 5.74) is -0.0668. The van der Waals surface area contributed by atoms with E-state index in [1.54, 1.807) is 0 Å². The van der Waals surface area contributed by atoms with Crippen molar-refractivity contribution in [2.75, 3.05) is 0 Å². The number of rotatable bonds is 4. The number of nitrogens with zero attached hydrogens (tertiary/aromatic N) is 1. The third-order valence-electron chi connectivity index (χ3n) is 2.37. The van der Waals surface area contributed by atoms with E-state index in [2.05, 4.69) is 0 Å². The van der Waals surface area contributed by atoms with Crippen LogP contribution < -0.4 is 0 Å². The molecule has 96 valence electrons. The van der Waals surface area contributed by atoms with Crippen LogP contribution in [0.1, 0.15) is 10.4 Å². The summed E-state index contributed by atoms with van der Waals surface area (Å²) in [5, 5.41) is 19.9. The topological polar surface area (TPSA) is 80.4 Å². The van der Waals surface area contributed by atoms with Gasteiger partial charge in [0.25, 0.3) is 5.69 Å². The van der Waals surface area contributed by atoms with Crippen LogP contribution in [0.15, 0.2) is 58.3 Å². The summed E-state index contributed by atoms with van der Waals surface area (Å²) in [6.07, 6.45) is 0. The van der Waals surface area contributed by atoms with Crippen molar-refractivity contribution >= 4 is 23.4 Å². The third kappa shape index (κ3) is 3.11. The zero-order valence-electron chi connectivity index (χ0n) is 9.65. The molecular weight excluding hydrogens is 266 g/mol. The average Bonchev–Trinajstić information content (AvgIpc) is 2.39. The molecule has 0 aliphatic rings. The Kier molecular flexibility index (Phi) is 3.82. The molecule has 0 bridgehead atoms. The predicted molar refractivity (Wildman–Crippen MR) is 70.6 cm³/mol. The molecule has 1 N–H and O–H groups in total. The minimum Gasteiger partial charge on any atom is -0.478 e. The summed E-state index contributed by atoms with van der Waals surface area (Å²) in [7, 11) is 0. The van der Waals surface area contributed by atoms with Gasteiger partial charge in [-0.25, -0.2) is 4.79 Å². The van der Waals surface area contributed by atoms with E-state index < -0.39 is 10.9 Å². The minimum absolute atomic E-state index is 0.0315. The largest absolute Gasteiger partial charge is 0.478 e. The Hall–Kier alpha value is -2.34. The standard InChI is InChI=1S/C13H9NO4S/c15-13(16)9-6-7-11(14(17)18)12(8-9)19-10-4-2-1-3-5-10/h1-8H,(H,15,16). The van der Waals surface area contributed by atoms with Gasteiger partial charge < -0.3 is 5.11 Å². The molecular formula is C13H9NO4S. The molecule has 0 aromatic heterocycles. The molecule has 0 spiro atoms. The molecule has 0 heterocycles. The van der Waals surface area contributed by atoms with E-state index in [0.29, 0.717) is 4.90 Å². The maximum absolute atomic E-state index is 10.9. The molecule has 0 saturated carbocycles. The number of nitro benzene ring substituents is 1. The third-order valence-corrected chi connectivity index (χ3v) is 3.43. The van der Waals surface area contributed by atoms with Gasteiger partial charge >= 0.3 is 5.97 Å². The van der Waals surface area contributed by atoms with Crippen molar-refractivity contribution in [2.45, 2.75) is 9.79 Å².